The molecular weight excluding hydrogens is 376 g/mol. The number of ether oxygens (including phenoxy) is 1. The summed E-state index contributed by atoms with van der Waals surface area (Å²) in [7, 11) is 5.74. The summed E-state index contributed by atoms with van der Waals surface area (Å²) in [6.45, 7) is 10.5. The molecule has 2 N–H and O–H groups in total. The van der Waals surface area contributed by atoms with E-state index in [4.69, 9.17) is 4.74 Å². The van der Waals surface area contributed by atoms with Crippen molar-refractivity contribution in [1.29, 1.82) is 0 Å². The van der Waals surface area contributed by atoms with Crippen molar-refractivity contribution in [2.24, 2.45) is 4.99 Å². The highest BCUT2D eigenvalue weighted by Crippen LogP contribution is 2.15. The standard InChI is InChI=1S/C23H42N6O/c1-24-23(26-13-16-27(2)14-9-21-30-3)25-12-7-8-15-28-17-19-29(20-18-28)22-10-5-4-6-11-22/h4-6,10-11H,7-9,12-21H2,1-3H3,(H2,24,25,26). The van der Waals surface area contributed by atoms with Gasteiger partial charge in [-0.05, 0) is 45.0 Å². The molecule has 0 amide bonds. The Morgan fingerprint density at radius 3 is 2.43 bits per heavy atom. The molecule has 30 heavy (non-hydrogen) atoms. The predicted molar refractivity (Wildman–Crippen MR) is 128 cm³/mol. The molecule has 1 aliphatic heterocycles. The van der Waals surface area contributed by atoms with Crippen LogP contribution in [-0.2, 0) is 4.74 Å². The van der Waals surface area contributed by atoms with E-state index in [0.717, 1.165) is 77.8 Å². The lowest BCUT2D eigenvalue weighted by Gasteiger charge is -2.36. The second kappa shape index (κ2) is 15.0. The van der Waals surface area contributed by atoms with Crippen molar-refractivity contribution >= 4 is 11.6 Å². The summed E-state index contributed by atoms with van der Waals surface area (Å²) in [6.07, 6.45) is 3.45. The normalized spacial score (nSPS) is 15.6. The van der Waals surface area contributed by atoms with E-state index in [1.54, 1.807) is 7.11 Å². The molecule has 1 aromatic carbocycles. The number of hydrogen-bond donors (Lipinski definition) is 2. The quantitative estimate of drug-likeness (QED) is 0.289. The molecule has 0 bridgehead atoms. The Balaban J connectivity index is 1.48. The molecule has 7 nitrogen and oxygen atoms in total. The maximum atomic E-state index is 5.10. The number of piperazine rings is 1. The van der Waals surface area contributed by atoms with Crippen molar-refractivity contribution in [3.63, 3.8) is 0 Å². The van der Waals surface area contributed by atoms with E-state index >= 15 is 0 Å². The van der Waals surface area contributed by atoms with Gasteiger partial charge in [-0.3, -0.25) is 9.89 Å². The van der Waals surface area contributed by atoms with Gasteiger partial charge >= 0.3 is 0 Å². The maximum absolute atomic E-state index is 5.10. The van der Waals surface area contributed by atoms with Gasteiger partial charge in [-0.25, -0.2) is 0 Å². The fraction of sp³-hybridized carbons (Fsp3) is 0.696. The van der Waals surface area contributed by atoms with Crippen molar-refractivity contribution in [2.75, 3.05) is 91.6 Å². The lowest BCUT2D eigenvalue weighted by Crippen LogP contribution is -2.46. The van der Waals surface area contributed by atoms with Crippen molar-refractivity contribution < 1.29 is 4.74 Å². The first-order valence-corrected chi connectivity index (χ1v) is 11.4. The zero-order valence-corrected chi connectivity index (χ0v) is 19.3. The van der Waals surface area contributed by atoms with Crippen molar-refractivity contribution in [3.8, 4) is 0 Å². The average molecular weight is 419 g/mol. The molecule has 170 valence electrons. The monoisotopic (exact) mass is 418 g/mol. The minimum Gasteiger partial charge on any atom is -0.385 e. The van der Waals surface area contributed by atoms with Gasteiger partial charge in [-0.15, -0.1) is 0 Å². The van der Waals surface area contributed by atoms with Crippen LogP contribution in [0.25, 0.3) is 0 Å². The minimum absolute atomic E-state index is 0.823. The Labute approximate surface area is 183 Å². The Morgan fingerprint density at radius 2 is 1.73 bits per heavy atom. The highest BCUT2D eigenvalue weighted by molar-refractivity contribution is 5.79. The van der Waals surface area contributed by atoms with Crippen molar-refractivity contribution in [2.45, 2.75) is 19.3 Å². The van der Waals surface area contributed by atoms with Crippen molar-refractivity contribution in [3.05, 3.63) is 30.3 Å². The largest absolute Gasteiger partial charge is 0.385 e. The van der Waals surface area contributed by atoms with Gasteiger partial charge in [-0.2, -0.15) is 0 Å². The summed E-state index contributed by atoms with van der Waals surface area (Å²) >= 11 is 0. The Bertz CT molecular complexity index is 574. The maximum Gasteiger partial charge on any atom is 0.191 e. The van der Waals surface area contributed by atoms with Crippen molar-refractivity contribution in [1.82, 2.24) is 20.4 Å². The smallest absolute Gasteiger partial charge is 0.191 e. The van der Waals surface area contributed by atoms with Crippen LogP contribution in [0.2, 0.25) is 0 Å². The fourth-order valence-electron chi connectivity index (χ4n) is 3.71. The molecule has 1 aromatic rings. The lowest BCUT2D eigenvalue weighted by molar-refractivity contribution is 0.180. The summed E-state index contributed by atoms with van der Waals surface area (Å²) in [5.74, 6) is 0.900. The van der Waals surface area contributed by atoms with Gasteiger partial charge in [0.2, 0.25) is 0 Å². The SMILES string of the molecule is CN=C(NCCCCN1CCN(c2ccccc2)CC1)NCCN(C)CCCOC. The fourth-order valence-corrected chi connectivity index (χ4v) is 3.71. The van der Waals surface area contributed by atoms with Crippen LogP contribution in [-0.4, -0.2) is 102 Å². The number of likely N-dealkylation sites (N-methyl/N-ethyl adjacent to an activating group) is 1. The molecule has 0 spiro atoms. The van der Waals surface area contributed by atoms with Crippen LogP contribution in [0.4, 0.5) is 5.69 Å². The third-order valence-corrected chi connectivity index (χ3v) is 5.59. The number of methoxy groups -OCH3 is 1. The number of aliphatic imine (C=N–C) groups is 1. The topological polar surface area (TPSA) is 55.4 Å². The van der Waals surface area contributed by atoms with E-state index in [1.807, 2.05) is 7.05 Å². The van der Waals surface area contributed by atoms with E-state index < -0.39 is 0 Å². The molecule has 0 aliphatic carbocycles. The van der Waals surface area contributed by atoms with E-state index in [2.05, 4.69) is 67.7 Å². The summed E-state index contributed by atoms with van der Waals surface area (Å²) in [5.41, 5.74) is 1.35. The summed E-state index contributed by atoms with van der Waals surface area (Å²) < 4.78 is 5.10. The van der Waals surface area contributed by atoms with Gasteiger partial charge in [0, 0.05) is 78.8 Å². The minimum atomic E-state index is 0.823. The van der Waals surface area contributed by atoms with Crippen LogP contribution in [0.15, 0.2) is 35.3 Å². The van der Waals surface area contributed by atoms with Crippen LogP contribution in [0, 0.1) is 0 Å². The zero-order valence-electron chi connectivity index (χ0n) is 19.3. The molecule has 7 heteroatoms. The van der Waals surface area contributed by atoms with Crippen LogP contribution in [0.3, 0.4) is 0 Å². The number of nitrogens with one attached hydrogen (secondary N) is 2. The summed E-state index contributed by atoms with van der Waals surface area (Å²) in [6, 6.07) is 10.8. The molecular formula is C23H42N6O. The van der Waals surface area contributed by atoms with Gasteiger partial charge in [0.1, 0.15) is 0 Å². The number of hydrogen-bond acceptors (Lipinski definition) is 5. The first-order valence-electron chi connectivity index (χ1n) is 11.4. The van der Waals surface area contributed by atoms with E-state index in [-0.39, 0.29) is 0 Å². The van der Waals surface area contributed by atoms with Crippen LogP contribution < -0.4 is 15.5 Å². The number of guanidine groups is 1. The second-order valence-corrected chi connectivity index (χ2v) is 7.95. The second-order valence-electron chi connectivity index (χ2n) is 7.95. The molecule has 1 saturated heterocycles. The van der Waals surface area contributed by atoms with E-state index in [9.17, 15) is 0 Å². The third-order valence-electron chi connectivity index (χ3n) is 5.59. The number of rotatable bonds is 13. The highest BCUT2D eigenvalue weighted by Gasteiger charge is 2.16. The Kier molecular flexibility index (Phi) is 12.3. The number of unbranched alkanes of at least 4 members (excludes halogenated alkanes) is 1. The molecule has 0 unspecified atom stereocenters. The Hall–Kier alpha value is -1.83. The average Bonchev–Trinajstić information content (AvgIpc) is 2.79. The van der Waals surface area contributed by atoms with Gasteiger partial charge < -0.3 is 25.2 Å². The molecule has 0 saturated carbocycles. The van der Waals surface area contributed by atoms with Gasteiger partial charge in [-0.1, -0.05) is 18.2 Å². The molecule has 1 heterocycles. The predicted octanol–water partition coefficient (Wildman–Crippen LogP) is 1.72. The van der Waals surface area contributed by atoms with Crippen LogP contribution in [0.1, 0.15) is 19.3 Å². The van der Waals surface area contributed by atoms with Crippen LogP contribution in [0.5, 0.6) is 0 Å². The molecule has 1 fully saturated rings. The first-order chi connectivity index (χ1) is 14.7. The number of anilines is 1. The molecule has 0 aromatic heterocycles. The number of para-hydroxylation sites is 1. The molecule has 0 radical (unpaired) electrons. The van der Waals surface area contributed by atoms with Gasteiger partial charge in [0.25, 0.3) is 0 Å². The summed E-state index contributed by atoms with van der Waals surface area (Å²) in [5, 5.41) is 6.84. The van der Waals surface area contributed by atoms with Gasteiger partial charge in [0.05, 0.1) is 0 Å². The van der Waals surface area contributed by atoms with E-state index in [1.165, 1.54) is 18.7 Å². The van der Waals surface area contributed by atoms with E-state index in [0.29, 0.717) is 0 Å². The number of benzene rings is 1. The van der Waals surface area contributed by atoms with Crippen LogP contribution >= 0.6 is 0 Å². The molecule has 2 rings (SSSR count). The molecule has 0 atom stereocenters. The summed E-state index contributed by atoms with van der Waals surface area (Å²) in [4.78, 5) is 11.7. The third kappa shape index (κ3) is 9.78. The highest BCUT2D eigenvalue weighted by atomic mass is 16.5. The number of nitrogens with zero attached hydrogens (tertiary/aromatic N) is 4. The molecule has 1 aliphatic rings. The lowest BCUT2D eigenvalue weighted by atomic mass is 10.2. The Morgan fingerprint density at radius 1 is 1.00 bits per heavy atom. The first kappa shape index (κ1) is 24.4. The zero-order chi connectivity index (χ0) is 21.4. The van der Waals surface area contributed by atoms with Gasteiger partial charge in [0.15, 0.2) is 5.96 Å².